The Labute approximate surface area is 173 Å². The molecule has 1 fully saturated rings. The van der Waals surface area contributed by atoms with Gasteiger partial charge in [-0.15, -0.1) is 11.3 Å². The number of piperidine rings is 1. The van der Waals surface area contributed by atoms with E-state index in [1.807, 2.05) is 14.0 Å². The van der Waals surface area contributed by atoms with Crippen molar-refractivity contribution in [2.24, 2.45) is 4.99 Å². The van der Waals surface area contributed by atoms with Gasteiger partial charge in [-0.05, 0) is 50.4 Å². The van der Waals surface area contributed by atoms with Crippen LogP contribution in [0.1, 0.15) is 47.5 Å². The van der Waals surface area contributed by atoms with E-state index in [2.05, 4.69) is 55.2 Å². The Morgan fingerprint density at radius 3 is 2.54 bits per heavy atom. The standard InChI is InChI=1S/C22H33N5S/c1-18-17-28-21(26-18)7-6-12-24-22(23-2)25-15-19-8-10-20(11-9-19)16-27-13-4-3-5-14-27/h8-11,17H,3-7,12-16H2,1-2H3,(H2,23,24,25). The lowest BCUT2D eigenvalue weighted by atomic mass is 10.1. The Hall–Kier alpha value is -1.92. The second kappa shape index (κ2) is 11.2. The summed E-state index contributed by atoms with van der Waals surface area (Å²) in [4.78, 5) is 11.4. The molecule has 1 aromatic heterocycles. The predicted octanol–water partition coefficient (Wildman–Crippen LogP) is 3.74. The average Bonchev–Trinajstić information content (AvgIpc) is 3.14. The fourth-order valence-corrected chi connectivity index (χ4v) is 4.33. The summed E-state index contributed by atoms with van der Waals surface area (Å²) in [5.41, 5.74) is 3.81. The van der Waals surface area contributed by atoms with E-state index in [9.17, 15) is 0 Å². The molecule has 3 rings (SSSR count). The summed E-state index contributed by atoms with van der Waals surface area (Å²) in [6.45, 7) is 7.29. The number of nitrogens with one attached hydrogen (secondary N) is 2. The maximum Gasteiger partial charge on any atom is 0.191 e. The zero-order chi connectivity index (χ0) is 19.6. The number of hydrogen-bond acceptors (Lipinski definition) is 4. The van der Waals surface area contributed by atoms with E-state index in [0.717, 1.165) is 44.1 Å². The van der Waals surface area contributed by atoms with Crippen molar-refractivity contribution >= 4 is 17.3 Å². The van der Waals surface area contributed by atoms with Gasteiger partial charge in [-0.25, -0.2) is 4.98 Å². The summed E-state index contributed by atoms with van der Waals surface area (Å²) >= 11 is 1.75. The summed E-state index contributed by atoms with van der Waals surface area (Å²) in [6.07, 6.45) is 6.15. The van der Waals surface area contributed by atoms with E-state index < -0.39 is 0 Å². The third-order valence-corrected chi connectivity index (χ3v) is 6.11. The first kappa shape index (κ1) is 20.8. The molecule has 1 aliphatic rings. The SMILES string of the molecule is CN=C(NCCCc1nc(C)cs1)NCc1ccc(CN2CCCCC2)cc1. The van der Waals surface area contributed by atoms with Crippen LogP contribution in [-0.2, 0) is 19.5 Å². The van der Waals surface area contributed by atoms with Crippen molar-refractivity contribution in [3.63, 3.8) is 0 Å². The quantitative estimate of drug-likeness (QED) is 0.403. The maximum absolute atomic E-state index is 4.51. The van der Waals surface area contributed by atoms with Gasteiger partial charge >= 0.3 is 0 Å². The molecule has 0 atom stereocenters. The lowest BCUT2D eigenvalue weighted by Gasteiger charge is -2.26. The zero-order valence-corrected chi connectivity index (χ0v) is 18.0. The molecule has 28 heavy (non-hydrogen) atoms. The van der Waals surface area contributed by atoms with Crippen LogP contribution in [-0.4, -0.2) is 42.5 Å². The van der Waals surface area contributed by atoms with E-state index >= 15 is 0 Å². The molecule has 2 N–H and O–H groups in total. The Morgan fingerprint density at radius 2 is 1.86 bits per heavy atom. The first-order valence-corrected chi connectivity index (χ1v) is 11.3. The van der Waals surface area contributed by atoms with Gasteiger partial charge in [-0.1, -0.05) is 30.7 Å². The van der Waals surface area contributed by atoms with Crippen LogP contribution in [0.2, 0.25) is 0 Å². The number of likely N-dealkylation sites (tertiary alicyclic amines) is 1. The Balaban J connectivity index is 1.35. The van der Waals surface area contributed by atoms with Crippen molar-refractivity contribution in [3.8, 4) is 0 Å². The molecule has 1 aromatic carbocycles. The highest BCUT2D eigenvalue weighted by atomic mass is 32.1. The molecule has 5 nitrogen and oxygen atoms in total. The van der Waals surface area contributed by atoms with Crippen molar-refractivity contribution < 1.29 is 0 Å². The van der Waals surface area contributed by atoms with Crippen molar-refractivity contribution in [1.29, 1.82) is 0 Å². The molecule has 1 saturated heterocycles. The van der Waals surface area contributed by atoms with E-state index in [1.54, 1.807) is 11.3 Å². The number of aryl methyl sites for hydroxylation is 2. The van der Waals surface area contributed by atoms with Gasteiger partial charge in [-0.2, -0.15) is 0 Å². The minimum Gasteiger partial charge on any atom is -0.356 e. The first-order chi connectivity index (χ1) is 13.7. The Morgan fingerprint density at radius 1 is 1.11 bits per heavy atom. The first-order valence-electron chi connectivity index (χ1n) is 10.4. The molecule has 0 aliphatic carbocycles. The van der Waals surface area contributed by atoms with E-state index in [4.69, 9.17) is 0 Å². The fraction of sp³-hybridized carbons (Fsp3) is 0.545. The van der Waals surface area contributed by atoms with Crippen LogP contribution in [0.25, 0.3) is 0 Å². The van der Waals surface area contributed by atoms with E-state index in [-0.39, 0.29) is 0 Å². The smallest absolute Gasteiger partial charge is 0.191 e. The molecular weight excluding hydrogens is 366 g/mol. The van der Waals surface area contributed by atoms with Gasteiger partial charge in [0.05, 0.1) is 5.01 Å². The molecule has 0 unspecified atom stereocenters. The summed E-state index contributed by atoms with van der Waals surface area (Å²) in [6, 6.07) is 8.98. The van der Waals surface area contributed by atoms with Gasteiger partial charge in [0.1, 0.15) is 0 Å². The van der Waals surface area contributed by atoms with E-state index in [1.165, 1.54) is 48.5 Å². The lowest BCUT2D eigenvalue weighted by molar-refractivity contribution is 0.221. The normalized spacial score (nSPS) is 15.6. The number of rotatable bonds is 8. The molecule has 152 valence electrons. The van der Waals surface area contributed by atoms with E-state index in [0.29, 0.717) is 0 Å². The minimum absolute atomic E-state index is 0.787. The number of thiazole rings is 1. The van der Waals surface area contributed by atoms with Crippen molar-refractivity contribution in [2.45, 2.75) is 52.1 Å². The number of aromatic nitrogens is 1. The van der Waals surface area contributed by atoms with Crippen LogP contribution in [0.15, 0.2) is 34.6 Å². The third-order valence-electron chi connectivity index (χ3n) is 5.09. The number of hydrogen-bond donors (Lipinski definition) is 2. The average molecular weight is 400 g/mol. The van der Waals surface area contributed by atoms with Gasteiger partial charge < -0.3 is 10.6 Å². The zero-order valence-electron chi connectivity index (χ0n) is 17.2. The van der Waals surface area contributed by atoms with Crippen LogP contribution >= 0.6 is 11.3 Å². The predicted molar refractivity (Wildman–Crippen MR) is 119 cm³/mol. The van der Waals surface area contributed by atoms with Crippen molar-refractivity contribution in [1.82, 2.24) is 20.5 Å². The highest BCUT2D eigenvalue weighted by molar-refractivity contribution is 7.09. The van der Waals surface area contributed by atoms with Crippen molar-refractivity contribution in [2.75, 3.05) is 26.7 Å². The highest BCUT2D eigenvalue weighted by Crippen LogP contribution is 2.14. The molecule has 0 radical (unpaired) electrons. The molecular formula is C22H33N5S. The van der Waals surface area contributed by atoms with Crippen LogP contribution in [0.5, 0.6) is 0 Å². The number of benzene rings is 1. The molecule has 0 amide bonds. The molecule has 0 saturated carbocycles. The molecule has 2 aromatic rings. The van der Waals surface area contributed by atoms with Crippen LogP contribution in [0, 0.1) is 6.92 Å². The highest BCUT2D eigenvalue weighted by Gasteiger charge is 2.10. The second-order valence-electron chi connectivity index (χ2n) is 7.49. The summed E-state index contributed by atoms with van der Waals surface area (Å²) in [5.74, 6) is 0.854. The monoisotopic (exact) mass is 399 g/mol. The van der Waals surface area contributed by atoms with Gasteiger partial charge in [0.2, 0.25) is 0 Å². The number of nitrogens with zero attached hydrogens (tertiary/aromatic N) is 3. The van der Waals surface area contributed by atoms with Crippen LogP contribution in [0.3, 0.4) is 0 Å². The molecule has 0 bridgehead atoms. The maximum atomic E-state index is 4.51. The molecule has 1 aliphatic heterocycles. The molecule has 6 heteroatoms. The fourth-order valence-electron chi connectivity index (χ4n) is 3.51. The minimum atomic E-state index is 0.787. The van der Waals surface area contributed by atoms with Gasteiger partial charge in [0.15, 0.2) is 5.96 Å². The van der Waals surface area contributed by atoms with Crippen molar-refractivity contribution in [3.05, 3.63) is 51.5 Å². The number of guanidine groups is 1. The summed E-state index contributed by atoms with van der Waals surface area (Å²) in [5, 5.41) is 10.1. The number of aliphatic imine (C=N–C) groups is 1. The molecule has 0 spiro atoms. The Kier molecular flexibility index (Phi) is 8.30. The van der Waals surface area contributed by atoms with Gasteiger partial charge in [0, 0.05) is 44.2 Å². The van der Waals surface area contributed by atoms with Gasteiger partial charge in [-0.3, -0.25) is 9.89 Å². The Bertz CT molecular complexity index is 732. The largest absolute Gasteiger partial charge is 0.356 e. The summed E-state index contributed by atoms with van der Waals surface area (Å²) < 4.78 is 0. The van der Waals surface area contributed by atoms with Crippen LogP contribution < -0.4 is 10.6 Å². The van der Waals surface area contributed by atoms with Crippen LogP contribution in [0.4, 0.5) is 0 Å². The molecule has 2 heterocycles. The van der Waals surface area contributed by atoms with Gasteiger partial charge in [0.25, 0.3) is 0 Å². The second-order valence-corrected chi connectivity index (χ2v) is 8.43. The summed E-state index contributed by atoms with van der Waals surface area (Å²) in [7, 11) is 1.82. The topological polar surface area (TPSA) is 52.6 Å². The lowest BCUT2D eigenvalue weighted by Crippen LogP contribution is -2.37. The third kappa shape index (κ3) is 6.91.